The van der Waals surface area contributed by atoms with E-state index in [2.05, 4.69) is 48.6 Å². The molecule has 2 aromatic rings. The Kier molecular flexibility index (Phi) is 5.60. The molecular formula is C17H21NO. The molecule has 0 fully saturated rings. The van der Waals surface area contributed by atoms with E-state index in [1.54, 1.807) is 0 Å². The maximum atomic E-state index is 5.80. The Labute approximate surface area is 115 Å². The number of hydrogen-bond acceptors (Lipinski definition) is 2. The molecule has 1 N–H and O–H groups in total. The van der Waals surface area contributed by atoms with Crippen LogP contribution in [0.25, 0.3) is 0 Å². The fraction of sp³-hybridized carbons (Fsp3) is 0.294. The van der Waals surface area contributed by atoms with Crippen LogP contribution in [0.15, 0.2) is 60.7 Å². The smallest absolute Gasteiger partial charge is 0.0721 e. The lowest BCUT2D eigenvalue weighted by Gasteiger charge is -2.14. The van der Waals surface area contributed by atoms with E-state index < -0.39 is 0 Å². The summed E-state index contributed by atoms with van der Waals surface area (Å²) in [6.45, 7) is 4.53. The van der Waals surface area contributed by atoms with E-state index in [4.69, 9.17) is 4.74 Å². The van der Waals surface area contributed by atoms with Crippen molar-refractivity contribution in [2.24, 2.45) is 0 Å². The molecule has 2 rings (SSSR count). The van der Waals surface area contributed by atoms with Crippen LogP contribution in [0.3, 0.4) is 0 Å². The lowest BCUT2D eigenvalue weighted by molar-refractivity contribution is 0.0530. The molecule has 2 heteroatoms. The van der Waals surface area contributed by atoms with Crippen molar-refractivity contribution in [3.63, 3.8) is 0 Å². The van der Waals surface area contributed by atoms with Crippen molar-refractivity contribution in [3.05, 3.63) is 71.8 Å². The highest BCUT2D eigenvalue weighted by molar-refractivity contribution is 5.14. The minimum absolute atomic E-state index is 0.212. The highest BCUT2D eigenvalue weighted by atomic mass is 16.5. The van der Waals surface area contributed by atoms with Crippen LogP contribution >= 0.6 is 0 Å². The van der Waals surface area contributed by atoms with Gasteiger partial charge in [0, 0.05) is 13.1 Å². The van der Waals surface area contributed by atoms with Crippen LogP contribution in [-0.4, -0.2) is 12.6 Å². The molecule has 19 heavy (non-hydrogen) atoms. The van der Waals surface area contributed by atoms with Gasteiger partial charge < -0.3 is 10.1 Å². The Hall–Kier alpha value is -1.64. The van der Waals surface area contributed by atoms with E-state index in [-0.39, 0.29) is 6.10 Å². The third-order valence-electron chi connectivity index (χ3n) is 2.98. The third-order valence-corrected chi connectivity index (χ3v) is 2.98. The fourth-order valence-electron chi connectivity index (χ4n) is 1.89. The van der Waals surface area contributed by atoms with E-state index in [1.807, 2.05) is 24.3 Å². The number of benzene rings is 2. The maximum absolute atomic E-state index is 5.80. The highest BCUT2D eigenvalue weighted by Crippen LogP contribution is 2.03. The van der Waals surface area contributed by atoms with Crippen molar-refractivity contribution in [1.82, 2.24) is 5.32 Å². The van der Waals surface area contributed by atoms with Gasteiger partial charge in [0.25, 0.3) is 0 Å². The Balaban J connectivity index is 1.64. The van der Waals surface area contributed by atoms with Crippen LogP contribution in [0.4, 0.5) is 0 Å². The number of hydrogen-bond donors (Lipinski definition) is 1. The first-order valence-corrected chi connectivity index (χ1v) is 6.75. The predicted molar refractivity (Wildman–Crippen MR) is 78.8 cm³/mol. The van der Waals surface area contributed by atoms with Gasteiger partial charge in [-0.15, -0.1) is 0 Å². The third kappa shape index (κ3) is 5.25. The summed E-state index contributed by atoms with van der Waals surface area (Å²) >= 11 is 0. The highest BCUT2D eigenvalue weighted by Gasteiger charge is 2.02. The van der Waals surface area contributed by atoms with Gasteiger partial charge in [0.05, 0.1) is 12.7 Å². The minimum Gasteiger partial charge on any atom is -0.373 e. The summed E-state index contributed by atoms with van der Waals surface area (Å²) in [5.41, 5.74) is 2.52. The molecule has 2 nitrogen and oxygen atoms in total. The number of nitrogens with one attached hydrogen (secondary N) is 1. The van der Waals surface area contributed by atoms with Gasteiger partial charge in [-0.05, 0) is 18.1 Å². The SMILES string of the molecule is CC(CNCc1ccccc1)OCc1ccccc1. The average Bonchev–Trinajstić information content (AvgIpc) is 2.47. The molecule has 0 bridgehead atoms. The second-order valence-corrected chi connectivity index (χ2v) is 4.72. The molecule has 0 radical (unpaired) electrons. The first-order chi connectivity index (χ1) is 9.34. The van der Waals surface area contributed by atoms with E-state index in [9.17, 15) is 0 Å². The molecule has 2 aromatic carbocycles. The summed E-state index contributed by atoms with van der Waals surface area (Å²) in [4.78, 5) is 0. The molecule has 1 unspecified atom stereocenters. The summed E-state index contributed by atoms with van der Waals surface area (Å²) in [5.74, 6) is 0. The second kappa shape index (κ2) is 7.72. The van der Waals surface area contributed by atoms with Gasteiger partial charge in [0.1, 0.15) is 0 Å². The van der Waals surface area contributed by atoms with Gasteiger partial charge in [-0.1, -0.05) is 60.7 Å². The predicted octanol–water partition coefficient (Wildman–Crippen LogP) is 3.38. The van der Waals surface area contributed by atoms with E-state index in [0.717, 1.165) is 13.1 Å². The molecule has 0 saturated carbocycles. The first kappa shape index (κ1) is 13.8. The standard InChI is InChI=1S/C17H21NO/c1-15(19-14-17-10-6-3-7-11-17)12-18-13-16-8-4-2-5-9-16/h2-11,15,18H,12-14H2,1H3. The maximum Gasteiger partial charge on any atom is 0.0721 e. The lowest BCUT2D eigenvalue weighted by Crippen LogP contribution is -2.26. The molecule has 0 aliphatic rings. The van der Waals surface area contributed by atoms with E-state index in [1.165, 1.54) is 11.1 Å². The number of rotatable bonds is 7. The largest absolute Gasteiger partial charge is 0.373 e. The van der Waals surface area contributed by atoms with Gasteiger partial charge in [-0.25, -0.2) is 0 Å². The summed E-state index contributed by atoms with van der Waals surface area (Å²) in [6.07, 6.45) is 0.212. The van der Waals surface area contributed by atoms with Crippen molar-refractivity contribution in [2.45, 2.75) is 26.2 Å². The molecule has 0 spiro atoms. The quantitative estimate of drug-likeness (QED) is 0.819. The molecule has 0 heterocycles. The van der Waals surface area contributed by atoms with Crippen molar-refractivity contribution >= 4 is 0 Å². The summed E-state index contributed by atoms with van der Waals surface area (Å²) in [6, 6.07) is 20.7. The summed E-state index contributed by atoms with van der Waals surface area (Å²) < 4.78 is 5.80. The molecular weight excluding hydrogens is 234 g/mol. The summed E-state index contributed by atoms with van der Waals surface area (Å²) in [5, 5.41) is 3.41. The topological polar surface area (TPSA) is 21.3 Å². The van der Waals surface area contributed by atoms with E-state index >= 15 is 0 Å². The van der Waals surface area contributed by atoms with Crippen molar-refractivity contribution in [3.8, 4) is 0 Å². The van der Waals surface area contributed by atoms with Gasteiger partial charge in [-0.3, -0.25) is 0 Å². The van der Waals surface area contributed by atoms with E-state index in [0.29, 0.717) is 6.61 Å². The van der Waals surface area contributed by atoms with Crippen molar-refractivity contribution in [1.29, 1.82) is 0 Å². The Morgan fingerprint density at radius 1 is 0.895 bits per heavy atom. The van der Waals surface area contributed by atoms with Gasteiger partial charge in [0.2, 0.25) is 0 Å². The average molecular weight is 255 g/mol. The first-order valence-electron chi connectivity index (χ1n) is 6.75. The van der Waals surface area contributed by atoms with Crippen molar-refractivity contribution < 1.29 is 4.74 Å². The second-order valence-electron chi connectivity index (χ2n) is 4.72. The van der Waals surface area contributed by atoms with Gasteiger partial charge in [-0.2, -0.15) is 0 Å². The molecule has 0 aromatic heterocycles. The minimum atomic E-state index is 0.212. The molecule has 1 atom stereocenters. The molecule has 0 aliphatic carbocycles. The zero-order valence-electron chi connectivity index (χ0n) is 11.4. The molecule has 0 amide bonds. The van der Waals surface area contributed by atoms with Crippen LogP contribution in [0.2, 0.25) is 0 Å². The van der Waals surface area contributed by atoms with Gasteiger partial charge >= 0.3 is 0 Å². The Morgan fingerprint density at radius 2 is 1.47 bits per heavy atom. The van der Waals surface area contributed by atoms with Crippen LogP contribution in [0.5, 0.6) is 0 Å². The van der Waals surface area contributed by atoms with Crippen LogP contribution in [0, 0.1) is 0 Å². The zero-order valence-corrected chi connectivity index (χ0v) is 11.4. The fourth-order valence-corrected chi connectivity index (χ4v) is 1.89. The summed E-state index contributed by atoms with van der Waals surface area (Å²) in [7, 11) is 0. The Morgan fingerprint density at radius 3 is 2.11 bits per heavy atom. The molecule has 100 valence electrons. The number of ether oxygens (including phenoxy) is 1. The lowest BCUT2D eigenvalue weighted by atomic mass is 10.2. The van der Waals surface area contributed by atoms with Gasteiger partial charge in [0.15, 0.2) is 0 Å². The van der Waals surface area contributed by atoms with Crippen LogP contribution < -0.4 is 5.32 Å². The monoisotopic (exact) mass is 255 g/mol. The van der Waals surface area contributed by atoms with Crippen LogP contribution in [0.1, 0.15) is 18.1 Å². The molecule has 0 saturated heterocycles. The van der Waals surface area contributed by atoms with Crippen LogP contribution in [-0.2, 0) is 17.9 Å². The van der Waals surface area contributed by atoms with Crippen molar-refractivity contribution in [2.75, 3.05) is 6.54 Å². The normalized spacial score (nSPS) is 12.3. The zero-order chi connectivity index (χ0) is 13.3. The Bertz CT molecular complexity index is 455. The molecule has 0 aliphatic heterocycles.